The Morgan fingerprint density at radius 2 is 2.04 bits per heavy atom. The average molecular weight is 317 g/mol. The SMILES string of the molecule is CC(NC1CCC(n2nc3c(cc2=O)COCC3)CC1)C1CC1. The Kier molecular flexibility index (Phi) is 4.24. The summed E-state index contributed by atoms with van der Waals surface area (Å²) in [6.07, 6.45) is 8.01. The number of hydrogen-bond acceptors (Lipinski definition) is 4. The van der Waals surface area contributed by atoms with Crippen LogP contribution in [0.5, 0.6) is 0 Å². The molecule has 126 valence electrons. The Balaban J connectivity index is 1.41. The molecule has 5 heteroatoms. The lowest BCUT2D eigenvalue weighted by Crippen LogP contribution is -2.41. The maximum atomic E-state index is 12.4. The molecule has 2 heterocycles. The van der Waals surface area contributed by atoms with Crippen molar-refractivity contribution in [3.8, 4) is 0 Å². The molecule has 0 aromatic carbocycles. The van der Waals surface area contributed by atoms with Crippen molar-refractivity contribution in [1.82, 2.24) is 15.1 Å². The van der Waals surface area contributed by atoms with Gasteiger partial charge in [0.25, 0.3) is 5.56 Å². The van der Waals surface area contributed by atoms with Gasteiger partial charge in [-0.3, -0.25) is 4.79 Å². The summed E-state index contributed by atoms with van der Waals surface area (Å²) in [5, 5.41) is 8.46. The van der Waals surface area contributed by atoms with Crippen LogP contribution < -0.4 is 10.9 Å². The fourth-order valence-corrected chi connectivity index (χ4v) is 4.08. The zero-order valence-corrected chi connectivity index (χ0v) is 14.0. The molecule has 5 nitrogen and oxygen atoms in total. The minimum absolute atomic E-state index is 0.0389. The third-order valence-corrected chi connectivity index (χ3v) is 5.73. The fraction of sp³-hybridized carbons (Fsp3) is 0.778. The van der Waals surface area contributed by atoms with Gasteiger partial charge < -0.3 is 10.1 Å². The van der Waals surface area contributed by atoms with Crippen molar-refractivity contribution in [3.63, 3.8) is 0 Å². The Labute approximate surface area is 137 Å². The van der Waals surface area contributed by atoms with E-state index in [1.54, 1.807) is 10.7 Å². The van der Waals surface area contributed by atoms with Crippen LogP contribution in [0.15, 0.2) is 10.9 Å². The van der Waals surface area contributed by atoms with Crippen LogP contribution in [0, 0.1) is 5.92 Å². The van der Waals surface area contributed by atoms with Crippen LogP contribution in [0.3, 0.4) is 0 Å². The molecular formula is C18H27N3O2. The first-order valence-corrected chi connectivity index (χ1v) is 9.16. The minimum atomic E-state index is 0.0389. The minimum Gasteiger partial charge on any atom is -0.376 e. The van der Waals surface area contributed by atoms with Crippen molar-refractivity contribution in [1.29, 1.82) is 0 Å². The van der Waals surface area contributed by atoms with Crippen molar-refractivity contribution in [3.05, 3.63) is 27.7 Å². The topological polar surface area (TPSA) is 56.2 Å². The van der Waals surface area contributed by atoms with E-state index in [1.165, 1.54) is 12.8 Å². The molecular weight excluding hydrogens is 290 g/mol. The van der Waals surface area contributed by atoms with Crippen LogP contribution in [-0.2, 0) is 17.8 Å². The third kappa shape index (κ3) is 3.36. The molecule has 0 bridgehead atoms. The monoisotopic (exact) mass is 317 g/mol. The van der Waals surface area contributed by atoms with Gasteiger partial charge in [0, 0.05) is 30.1 Å². The second-order valence-corrected chi connectivity index (χ2v) is 7.50. The van der Waals surface area contributed by atoms with E-state index in [0.717, 1.165) is 49.3 Å². The number of hydrogen-bond donors (Lipinski definition) is 1. The molecule has 2 saturated carbocycles. The van der Waals surface area contributed by atoms with Crippen molar-refractivity contribution < 1.29 is 4.74 Å². The summed E-state index contributed by atoms with van der Waals surface area (Å²) < 4.78 is 7.17. The van der Waals surface area contributed by atoms with Crippen molar-refractivity contribution in [2.24, 2.45) is 5.92 Å². The molecule has 2 aliphatic carbocycles. The molecule has 1 aromatic heterocycles. The molecule has 0 spiro atoms. The number of fused-ring (bicyclic) bond motifs is 1. The zero-order valence-electron chi connectivity index (χ0n) is 14.0. The van der Waals surface area contributed by atoms with Gasteiger partial charge in [0.15, 0.2) is 0 Å². The van der Waals surface area contributed by atoms with Crippen molar-refractivity contribution in [2.45, 2.75) is 76.6 Å². The molecule has 4 rings (SSSR count). The highest BCUT2D eigenvalue weighted by molar-refractivity contribution is 5.19. The number of rotatable bonds is 4. The van der Waals surface area contributed by atoms with E-state index < -0.39 is 0 Å². The van der Waals surface area contributed by atoms with Gasteiger partial charge in [-0.05, 0) is 51.4 Å². The van der Waals surface area contributed by atoms with E-state index in [1.807, 2.05) is 0 Å². The summed E-state index contributed by atoms with van der Waals surface area (Å²) in [7, 11) is 0. The molecule has 1 aliphatic heterocycles. The molecule has 1 aromatic rings. The zero-order chi connectivity index (χ0) is 15.8. The maximum absolute atomic E-state index is 12.4. The van der Waals surface area contributed by atoms with Gasteiger partial charge in [-0.25, -0.2) is 4.68 Å². The van der Waals surface area contributed by atoms with Gasteiger partial charge in [-0.15, -0.1) is 0 Å². The summed E-state index contributed by atoms with van der Waals surface area (Å²) in [5.74, 6) is 0.903. The van der Waals surface area contributed by atoms with Crippen LogP contribution in [0.2, 0.25) is 0 Å². The molecule has 0 radical (unpaired) electrons. The predicted octanol–water partition coefficient (Wildman–Crippen LogP) is 2.19. The first kappa shape index (κ1) is 15.3. The summed E-state index contributed by atoms with van der Waals surface area (Å²) in [6.45, 7) is 3.57. The number of nitrogens with one attached hydrogen (secondary N) is 1. The summed E-state index contributed by atoms with van der Waals surface area (Å²) in [6, 6.07) is 3.27. The number of ether oxygens (including phenoxy) is 1. The average Bonchev–Trinajstić information content (AvgIpc) is 3.40. The summed E-state index contributed by atoms with van der Waals surface area (Å²) in [4.78, 5) is 12.4. The second kappa shape index (κ2) is 6.36. The molecule has 1 atom stereocenters. The first-order chi connectivity index (χ1) is 11.2. The van der Waals surface area contributed by atoms with E-state index in [-0.39, 0.29) is 11.6 Å². The van der Waals surface area contributed by atoms with Crippen LogP contribution in [0.25, 0.3) is 0 Å². The Bertz CT molecular complexity index is 615. The maximum Gasteiger partial charge on any atom is 0.267 e. The van der Waals surface area contributed by atoms with Gasteiger partial charge in [0.2, 0.25) is 0 Å². The highest BCUT2D eigenvalue weighted by atomic mass is 16.5. The molecule has 1 N–H and O–H groups in total. The molecule has 0 amide bonds. The number of aromatic nitrogens is 2. The lowest BCUT2D eigenvalue weighted by Gasteiger charge is -2.32. The van der Waals surface area contributed by atoms with Gasteiger partial charge in [-0.1, -0.05) is 0 Å². The van der Waals surface area contributed by atoms with E-state index in [9.17, 15) is 4.79 Å². The molecule has 1 unspecified atom stereocenters. The van der Waals surface area contributed by atoms with E-state index in [0.29, 0.717) is 25.3 Å². The lowest BCUT2D eigenvalue weighted by atomic mass is 9.90. The van der Waals surface area contributed by atoms with Gasteiger partial charge in [0.1, 0.15) is 0 Å². The quantitative estimate of drug-likeness (QED) is 0.925. The third-order valence-electron chi connectivity index (χ3n) is 5.73. The van der Waals surface area contributed by atoms with Crippen LogP contribution in [0.1, 0.15) is 62.7 Å². The molecule has 3 aliphatic rings. The summed E-state index contributed by atoms with van der Waals surface area (Å²) in [5.41, 5.74) is 2.07. The van der Waals surface area contributed by atoms with E-state index in [4.69, 9.17) is 4.74 Å². The van der Waals surface area contributed by atoms with Crippen molar-refractivity contribution >= 4 is 0 Å². The molecule has 2 fully saturated rings. The summed E-state index contributed by atoms with van der Waals surface area (Å²) >= 11 is 0. The predicted molar refractivity (Wildman–Crippen MR) is 88.5 cm³/mol. The highest BCUT2D eigenvalue weighted by Crippen LogP contribution is 2.34. The fourth-order valence-electron chi connectivity index (χ4n) is 4.08. The Hall–Kier alpha value is -1.20. The number of nitrogens with zero attached hydrogens (tertiary/aromatic N) is 2. The largest absolute Gasteiger partial charge is 0.376 e. The van der Waals surface area contributed by atoms with Crippen LogP contribution in [-0.4, -0.2) is 28.5 Å². The van der Waals surface area contributed by atoms with Gasteiger partial charge in [-0.2, -0.15) is 5.10 Å². The first-order valence-electron chi connectivity index (χ1n) is 9.16. The normalized spacial score (nSPS) is 29.1. The highest BCUT2D eigenvalue weighted by Gasteiger charge is 2.31. The molecule has 0 saturated heterocycles. The van der Waals surface area contributed by atoms with E-state index >= 15 is 0 Å². The van der Waals surface area contributed by atoms with E-state index in [2.05, 4.69) is 17.3 Å². The van der Waals surface area contributed by atoms with Crippen LogP contribution in [0.4, 0.5) is 0 Å². The lowest BCUT2D eigenvalue weighted by molar-refractivity contribution is 0.107. The standard InChI is InChI=1S/C18H27N3O2/c1-12(13-2-3-13)19-15-4-6-16(7-5-15)21-18(22)10-14-11-23-9-8-17(14)20-21/h10,12-13,15-16,19H,2-9,11H2,1H3. The second-order valence-electron chi connectivity index (χ2n) is 7.50. The Morgan fingerprint density at radius 1 is 1.26 bits per heavy atom. The Morgan fingerprint density at radius 3 is 2.78 bits per heavy atom. The van der Waals surface area contributed by atoms with Gasteiger partial charge >= 0.3 is 0 Å². The van der Waals surface area contributed by atoms with Crippen molar-refractivity contribution in [2.75, 3.05) is 6.61 Å². The van der Waals surface area contributed by atoms with Gasteiger partial charge in [0.05, 0.1) is 24.9 Å². The van der Waals surface area contributed by atoms with Crippen LogP contribution >= 0.6 is 0 Å². The molecule has 23 heavy (non-hydrogen) atoms. The smallest absolute Gasteiger partial charge is 0.267 e.